The predicted octanol–water partition coefficient (Wildman–Crippen LogP) is 4.10. The van der Waals surface area contributed by atoms with E-state index in [0.29, 0.717) is 0 Å². The second-order valence-electron chi connectivity index (χ2n) is 3.20. The fraction of sp³-hybridized carbons (Fsp3) is 0.273. The predicted molar refractivity (Wildman–Crippen MR) is 58.3 cm³/mol. The summed E-state index contributed by atoms with van der Waals surface area (Å²) in [4.78, 5) is 0. The summed E-state index contributed by atoms with van der Waals surface area (Å²) in [6, 6.07) is 4.31. The van der Waals surface area contributed by atoms with Gasteiger partial charge in [-0.2, -0.15) is 0 Å². The first-order valence-electron chi connectivity index (χ1n) is 3.95. The Morgan fingerprint density at radius 3 is 2.33 bits per heavy atom. The van der Waals surface area contributed by atoms with E-state index in [1.54, 1.807) is 0 Å². The molecule has 1 heteroatoms. The quantitative estimate of drug-likeness (QED) is 0.674. The summed E-state index contributed by atoms with van der Waals surface area (Å²) in [6.45, 7) is 10.2. The van der Waals surface area contributed by atoms with E-state index in [9.17, 15) is 0 Å². The third-order valence-electron chi connectivity index (χ3n) is 1.97. The van der Waals surface area contributed by atoms with Crippen molar-refractivity contribution >= 4 is 21.5 Å². The highest BCUT2D eigenvalue weighted by atomic mass is 79.9. The topological polar surface area (TPSA) is 0 Å². The van der Waals surface area contributed by atoms with Gasteiger partial charge in [-0.15, -0.1) is 0 Å². The minimum absolute atomic E-state index is 1.12. The Kier molecular flexibility index (Phi) is 2.73. The van der Waals surface area contributed by atoms with Crippen molar-refractivity contribution < 1.29 is 0 Å². The number of rotatable bonds is 1. The van der Waals surface area contributed by atoms with E-state index in [1.165, 1.54) is 16.7 Å². The molecule has 0 radical (unpaired) electrons. The lowest BCUT2D eigenvalue weighted by Gasteiger charge is -2.07. The zero-order chi connectivity index (χ0) is 9.30. The first-order chi connectivity index (χ1) is 5.52. The molecule has 0 saturated heterocycles. The summed E-state index contributed by atoms with van der Waals surface area (Å²) in [5.74, 6) is 0. The number of aryl methyl sites for hydroxylation is 2. The maximum absolute atomic E-state index is 3.94. The van der Waals surface area contributed by atoms with Gasteiger partial charge in [0.15, 0.2) is 0 Å². The van der Waals surface area contributed by atoms with Crippen molar-refractivity contribution in [2.75, 3.05) is 0 Å². The van der Waals surface area contributed by atoms with Gasteiger partial charge in [0, 0.05) is 4.47 Å². The van der Waals surface area contributed by atoms with Crippen LogP contribution in [0.1, 0.15) is 23.6 Å². The van der Waals surface area contributed by atoms with Gasteiger partial charge in [-0.3, -0.25) is 0 Å². The molecule has 0 fully saturated rings. The molecule has 0 spiro atoms. The third kappa shape index (κ3) is 1.78. The molecule has 0 saturated carbocycles. The van der Waals surface area contributed by atoms with Crippen LogP contribution in [0.15, 0.2) is 23.2 Å². The average molecular weight is 225 g/mol. The molecule has 1 aromatic rings. The van der Waals surface area contributed by atoms with E-state index < -0.39 is 0 Å². The monoisotopic (exact) mass is 224 g/mol. The van der Waals surface area contributed by atoms with Gasteiger partial charge in [-0.25, -0.2) is 0 Å². The summed E-state index contributed by atoms with van der Waals surface area (Å²) in [5.41, 5.74) is 4.93. The molecule has 0 amide bonds. The summed E-state index contributed by atoms with van der Waals surface area (Å²) in [7, 11) is 0. The van der Waals surface area contributed by atoms with E-state index in [2.05, 4.69) is 48.5 Å². The molecule has 0 atom stereocenters. The Bertz CT molecular complexity index is 324. The standard InChI is InChI=1S/C11H13Br/c1-7(2)10-6-11(12)9(4)5-8(10)3/h5-6H,1H2,2-4H3. The van der Waals surface area contributed by atoms with Crippen molar-refractivity contribution in [3.8, 4) is 0 Å². The Hall–Kier alpha value is -0.560. The molecule has 0 nitrogen and oxygen atoms in total. The number of benzene rings is 1. The van der Waals surface area contributed by atoms with Crippen LogP contribution in [0.4, 0.5) is 0 Å². The van der Waals surface area contributed by atoms with Gasteiger partial charge < -0.3 is 0 Å². The van der Waals surface area contributed by atoms with Crippen molar-refractivity contribution in [1.82, 2.24) is 0 Å². The maximum Gasteiger partial charge on any atom is 0.0210 e. The first kappa shape index (κ1) is 9.53. The molecule has 1 aromatic carbocycles. The fourth-order valence-corrected chi connectivity index (χ4v) is 1.63. The van der Waals surface area contributed by atoms with Gasteiger partial charge in [0.2, 0.25) is 0 Å². The summed E-state index contributed by atoms with van der Waals surface area (Å²) in [5, 5.41) is 0. The van der Waals surface area contributed by atoms with Gasteiger partial charge in [0.1, 0.15) is 0 Å². The van der Waals surface area contributed by atoms with Crippen molar-refractivity contribution in [3.63, 3.8) is 0 Å². The molecule has 0 heterocycles. The summed E-state index contributed by atoms with van der Waals surface area (Å²) >= 11 is 3.51. The van der Waals surface area contributed by atoms with Crippen LogP contribution in [0.3, 0.4) is 0 Å². The number of halogens is 1. The Balaban J connectivity index is 3.33. The molecule has 0 aliphatic heterocycles. The van der Waals surface area contributed by atoms with Crippen LogP contribution in [0.5, 0.6) is 0 Å². The molecule has 0 N–H and O–H groups in total. The normalized spacial score (nSPS) is 10.0. The first-order valence-corrected chi connectivity index (χ1v) is 4.74. The van der Waals surface area contributed by atoms with Gasteiger partial charge in [0.25, 0.3) is 0 Å². The third-order valence-corrected chi connectivity index (χ3v) is 2.82. The van der Waals surface area contributed by atoms with Crippen molar-refractivity contribution in [3.05, 3.63) is 39.9 Å². The zero-order valence-electron chi connectivity index (χ0n) is 7.74. The van der Waals surface area contributed by atoms with Crippen molar-refractivity contribution in [2.45, 2.75) is 20.8 Å². The number of allylic oxidation sites excluding steroid dienone is 1. The van der Waals surface area contributed by atoms with Gasteiger partial charge in [-0.05, 0) is 43.5 Å². The van der Waals surface area contributed by atoms with E-state index in [1.807, 2.05) is 6.92 Å². The largest absolute Gasteiger partial charge is 0.0955 e. The molecule has 0 aromatic heterocycles. The van der Waals surface area contributed by atoms with Crippen LogP contribution in [0.25, 0.3) is 5.57 Å². The molecule has 0 bridgehead atoms. The molecule has 0 aliphatic carbocycles. The SMILES string of the molecule is C=C(C)c1cc(Br)c(C)cc1C. The minimum atomic E-state index is 1.12. The van der Waals surface area contributed by atoms with Crippen LogP contribution in [0, 0.1) is 13.8 Å². The van der Waals surface area contributed by atoms with Crippen LogP contribution in [-0.4, -0.2) is 0 Å². The lowest BCUT2D eigenvalue weighted by molar-refractivity contribution is 1.33. The highest BCUT2D eigenvalue weighted by molar-refractivity contribution is 9.10. The summed E-state index contributed by atoms with van der Waals surface area (Å²) in [6.07, 6.45) is 0. The highest BCUT2D eigenvalue weighted by Gasteiger charge is 2.02. The summed E-state index contributed by atoms with van der Waals surface area (Å²) < 4.78 is 1.16. The highest BCUT2D eigenvalue weighted by Crippen LogP contribution is 2.24. The maximum atomic E-state index is 3.94. The lowest BCUT2D eigenvalue weighted by atomic mass is 10.0. The molecule has 12 heavy (non-hydrogen) atoms. The van der Waals surface area contributed by atoms with Gasteiger partial charge >= 0.3 is 0 Å². The Morgan fingerprint density at radius 1 is 1.25 bits per heavy atom. The molecule has 0 aliphatic rings. The number of hydrogen-bond acceptors (Lipinski definition) is 0. The molecular weight excluding hydrogens is 212 g/mol. The lowest BCUT2D eigenvalue weighted by Crippen LogP contribution is -1.87. The van der Waals surface area contributed by atoms with Gasteiger partial charge in [-0.1, -0.05) is 34.1 Å². The van der Waals surface area contributed by atoms with Crippen LogP contribution in [0.2, 0.25) is 0 Å². The molecule has 1 rings (SSSR count). The van der Waals surface area contributed by atoms with E-state index in [-0.39, 0.29) is 0 Å². The molecule has 64 valence electrons. The van der Waals surface area contributed by atoms with Crippen LogP contribution >= 0.6 is 15.9 Å². The van der Waals surface area contributed by atoms with E-state index in [4.69, 9.17) is 0 Å². The fourth-order valence-electron chi connectivity index (χ4n) is 1.29. The average Bonchev–Trinajstić information content (AvgIpc) is 1.96. The van der Waals surface area contributed by atoms with Crippen molar-refractivity contribution in [2.24, 2.45) is 0 Å². The zero-order valence-corrected chi connectivity index (χ0v) is 9.33. The number of hydrogen-bond donors (Lipinski definition) is 0. The second-order valence-corrected chi connectivity index (χ2v) is 4.05. The minimum Gasteiger partial charge on any atom is -0.0955 e. The van der Waals surface area contributed by atoms with Crippen LogP contribution in [-0.2, 0) is 0 Å². The molecular formula is C11H13Br. The molecule has 0 unspecified atom stereocenters. The van der Waals surface area contributed by atoms with Crippen molar-refractivity contribution in [1.29, 1.82) is 0 Å². The van der Waals surface area contributed by atoms with E-state index in [0.717, 1.165) is 10.0 Å². The Labute approximate surface area is 82.4 Å². The smallest absolute Gasteiger partial charge is 0.0210 e. The van der Waals surface area contributed by atoms with Crippen LogP contribution < -0.4 is 0 Å². The van der Waals surface area contributed by atoms with E-state index >= 15 is 0 Å². The Morgan fingerprint density at radius 2 is 1.83 bits per heavy atom. The second kappa shape index (κ2) is 3.44. The van der Waals surface area contributed by atoms with Gasteiger partial charge in [0.05, 0.1) is 0 Å².